The number of rotatable bonds is 5. The molecule has 26 heavy (non-hydrogen) atoms. The van der Waals surface area contributed by atoms with Crippen molar-refractivity contribution < 1.29 is 13.9 Å². The van der Waals surface area contributed by atoms with Crippen molar-refractivity contribution in [3.8, 4) is 17.0 Å². The largest absolute Gasteiger partial charge is 0.489 e. The summed E-state index contributed by atoms with van der Waals surface area (Å²) in [5.41, 5.74) is 9.14. The van der Waals surface area contributed by atoms with Gasteiger partial charge in [-0.2, -0.15) is 0 Å². The molecule has 4 nitrogen and oxygen atoms in total. The minimum atomic E-state index is -0.486. The number of nitrogens with zero attached hydrogens (tertiary/aromatic N) is 1. The fraction of sp³-hybridized carbons (Fsp3) is 0.100. The number of benzene rings is 2. The zero-order valence-electron chi connectivity index (χ0n) is 14.0. The predicted octanol–water partition coefficient (Wildman–Crippen LogP) is 4.53. The lowest BCUT2D eigenvalue weighted by Gasteiger charge is -2.09. The van der Waals surface area contributed by atoms with Crippen molar-refractivity contribution in [3.63, 3.8) is 0 Å². The fourth-order valence-corrected chi connectivity index (χ4v) is 2.73. The SMILES string of the molecule is Cc1cc(-c2cc(COc3ccc(F)c(Cl)c3)ccn2)ccc1C(N)=O. The van der Waals surface area contributed by atoms with E-state index in [1.807, 2.05) is 25.1 Å². The fourth-order valence-electron chi connectivity index (χ4n) is 2.55. The molecule has 2 aromatic carbocycles. The highest BCUT2D eigenvalue weighted by Gasteiger charge is 2.08. The Morgan fingerprint density at radius 1 is 1.19 bits per heavy atom. The Kier molecular flexibility index (Phi) is 5.19. The van der Waals surface area contributed by atoms with Crippen LogP contribution in [0.25, 0.3) is 11.3 Å². The van der Waals surface area contributed by atoms with E-state index in [1.165, 1.54) is 18.2 Å². The third-order valence-corrected chi connectivity index (χ3v) is 4.20. The maximum Gasteiger partial charge on any atom is 0.248 e. The number of hydrogen-bond donors (Lipinski definition) is 1. The average Bonchev–Trinajstić information content (AvgIpc) is 2.62. The third-order valence-electron chi connectivity index (χ3n) is 3.91. The number of carbonyl (C=O) groups is 1. The number of amides is 1. The van der Waals surface area contributed by atoms with E-state index in [0.717, 1.165) is 22.4 Å². The molecule has 0 aliphatic rings. The first-order chi connectivity index (χ1) is 12.4. The number of aryl methyl sites for hydroxylation is 1. The number of ether oxygens (including phenoxy) is 1. The molecule has 0 unspecified atom stereocenters. The standard InChI is InChI=1S/C20H16ClFN2O2/c1-12-8-14(2-4-16(12)20(23)25)19-9-13(6-7-24-19)11-26-15-3-5-18(22)17(21)10-15/h2-10H,11H2,1H3,(H2,23,25). The smallest absolute Gasteiger partial charge is 0.248 e. The van der Waals surface area contributed by atoms with Crippen molar-refractivity contribution >= 4 is 17.5 Å². The number of nitrogens with two attached hydrogens (primary N) is 1. The van der Waals surface area contributed by atoms with Crippen LogP contribution in [0.15, 0.2) is 54.7 Å². The monoisotopic (exact) mass is 370 g/mol. The summed E-state index contributed by atoms with van der Waals surface area (Å²) in [6.45, 7) is 2.12. The average molecular weight is 371 g/mol. The molecule has 1 heterocycles. The molecule has 3 rings (SSSR count). The van der Waals surface area contributed by atoms with Crippen LogP contribution >= 0.6 is 11.6 Å². The molecule has 3 aromatic rings. The number of aromatic nitrogens is 1. The lowest BCUT2D eigenvalue weighted by Crippen LogP contribution is -2.12. The third kappa shape index (κ3) is 4.00. The molecule has 132 valence electrons. The lowest BCUT2D eigenvalue weighted by molar-refractivity contribution is 0.0999. The predicted molar refractivity (Wildman–Crippen MR) is 98.7 cm³/mol. The number of carbonyl (C=O) groups excluding carboxylic acids is 1. The van der Waals surface area contributed by atoms with Gasteiger partial charge in [0, 0.05) is 23.4 Å². The van der Waals surface area contributed by atoms with Gasteiger partial charge in [-0.15, -0.1) is 0 Å². The summed E-state index contributed by atoms with van der Waals surface area (Å²) in [5.74, 6) is -0.460. The van der Waals surface area contributed by atoms with Crippen LogP contribution < -0.4 is 10.5 Å². The minimum absolute atomic E-state index is 0.0166. The second-order valence-electron chi connectivity index (χ2n) is 5.81. The summed E-state index contributed by atoms with van der Waals surface area (Å²) >= 11 is 5.75. The molecule has 0 atom stereocenters. The van der Waals surface area contributed by atoms with Gasteiger partial charge in [0.25, 0.3) is 0 Å². The van der Waals surface area contributed by atoms with E-state index >= 15 is 0 Å². The molecule has 0 saturated carbocycles. The van der Waals surface area contributed by atoms with Gasteiger partial charge in [0.2, 0.25) is 5.91 Å². The molecule has 1 amide bonds. The van der Waals surface area contributed by atoms with Crippen molar-refractivity contribution in [1.82, 2.24) is 4.98 Å². The van der Waals surface area contributed by atoms with Gasteiger partial charge in [0.05, 0.1) is 10.7 Å². The topological polar surface area (TPSA) is 65.2 Å². The van der Waals surface area contributed by atoms with Gasteiger partial charge in [0.15, 0.2) is 0 Å². The Morgan fingerprint density at radius 3 is 2.69 bits per heavy atom. The van der Waals surface area contributed by atoms with Crippen molar-refractivity contribution in [2.24, 2.45) is 5.73 Å². The Bertz CT molecular complexity index is 976. The van der Waals surface area contributed by atoms with E-state index < -0.39 is 11.7 Å². The summed E-state index contributed by atoms with van der Waals surface area (Å²) in [7, 11) is 0. The molecule has 0 spiro atoms. The lowest BCUT2D eigenvalue weighted by atomic mass is 10.0. The second kappa shape index (κ2) is 7.54. The maximum atomic E-state index is 13.2. The van der Waals surface area contributed by atoms with E-state index in [2.05, 4.69) is 4.98 Å². The van der Waals surface area contributed by atoms with Crippen LogP contribution in [-0.4, -0.2) is 10.9 Å². The highest BCUT2D eigenvalue weighted by atomic mass is 35.5. The molecule has 0 fully saturated rings. The van der Waals surface area contributed by atoms with Crippen LogP contribution in [0.4, 0.5) is 4.39 Å². The van der Waals surface area contributed by atoms with Gasteiger partial charge in [-0.05, 0) is 54.4 Å². The number of halogens is 2. The first-order valence-electron chi connectivity index (χ1n) is 7.87. The quantitative estimate of drug-likeness (QED) is 0.717. The van der Waals surface area contributed by atoms with E-state index in [-0.39, 0.29) is 11.6 Å². The highest BCUT2D eigenvalue weighted by molar-refractivity contribution is 6.30. The van der Waals surface area contributed by atoms with E-state index in [9.17, 15) is 9.18 Å². The molecule has 0 bridgehead atoms. The van der Waals surface area contributed by atoms with Crippen molar-refractivity contribution in [1.29, 1.82) is 0 Å². The molecule has 6 heteroatoms. The molecule has 1 aromatic heterocycles. The van der Waals surface area contributed by atoms with Crippen LogP contribution in [0, 0.1) is 12.7 Å². The number of primary amides is 1. The van der Waals surface area contributed by atoms with Gasteiger partial charge in [-0.25, -0.2) is 4.39 Å². The van der Waals surface area contributed by atoms with E-state index in [1.54, 1.807) is 18.3 Å². The molecule has 0 saturated heterocycles. The molecular weight excluding hydrogens is 355 g/mol. The Hall–Kier alpha value is -2.92. The van der Waals surface area contributed by atoms with Crippen LogP contribution in [0.2, 0.25) is 5.02 Å². The summed E-state index contributed by atoms with van der Waals surface area (Å²) < 4.78 is 18.8. The molecule has 0 aliphatic heterocycles. The molecular formula is C20H16ClFN2O2. The Labute approximate surface area is 155 Å². The van der Waals surface area contributed by atoms with Crippen LogP contribution in [-0.2, 0) is 6.61 Å². The van der Waals surface area contributed by atoms with Crippen molar-refractivity contribution in [2.75, 3.05) is 0 Å². The van der Waals surface area contributed by atoms with Gasteiger partial charge in [0.1, 0.15) is 18.2 Å². The van der Waals surface area contributed by atoms with E-state index in [0.29, 0.717) is 11.3 Å². The normalized spacial score (nSPS) is 10.6. The van der Waals surface area contributed by atoms with Crippen LogP contribution in [0.5, 0.6) is 5.75 Å². The van der Waals surface area contributed by atoms with Crippen LogP contribution in [0.1, 0.15) is 21.5 Å². The van der Waals surface area contributed by atoms with Crippen molar-refractivity contribution in [3.05, 3.63) is 82.3 Å². The summed E-state index contributed by atoms with van der Waals surface area (Å²) in [5, 5.41) is 0.0166. The first kappa shape index (κ1) is 17.9. The Morgan fingerprint density at radius 2 is 2.00 bits per heavy atom. The zero-order valence-corrected chi connectivity index (χ0v) is 14.8. The highest BCUT2D eigenvalue weighted by Crippen LogP contribution is 2.24. The number of pyridine rings is 1. The van der Waals surface area contributed by atoms with Crippen molar-refractivity contribution in [2.45, 2.75) is 13.5 Å². The Balaban J connectivity index is 1.78. The number of hydrogen-bond acceptors (Lipinski definition) is 3. The molecule has 0 radical (unpaired) electrons. The molecule has 0 aliphatic carbocycles. The first-order valence-corrected chi connectivity index (χ1v) is 8.25. The second-order valence-corrected chi connectivity index (χ2v) is 6.22. The minimum Gasteiger partial charge on any atom is -0.489 e. The van der Waals surface area contributed by atoms with Gasteiger partial charge in [-0.1, -0.05) is 17.7 Å². The maximum absolute atomic E-state index is 13.2. The van der Waals surface area contributed by atoms with Gasteiger partial charge < -0.3 is 10.5 Å². The van der Waals surface area contributed by atoms with Crippen LogP contribution in [0.3, 0.4) is 0 Å². The summed E-state index contributed by atoms with van der Waals surface area (Å²) in [6, 6.07) is 13.3. The van der Waals surface area contributed by atoms with Gasteiger partial charge >= 0.3 is 0 Å². The molecule has 2 N–H and O–H groups in total. The van der Waals surface area contributed by atoms with Gasteiger partial charge in [-0.3, -0.25) is 9.78 Å². The summed E-state index contributed by atoms with van der Waals surface area (Å²) in [4.78, 5) is 15.7. The van der Waals surface area contributed by atoms with E-state index in [4.69, 9.17) is 22.1 Å². The summed E-state index contributed by atoms with van der Waals surface area (Å²) in [6.07, 6.45) is 1.68. The zero-order chi connectivity index (χ0) is 18.7.